The van der Waals surface area contributed by atoms with Gasteiger partial charge in [-0.15, -0.1) is 0 Å². The number of hydrogen-bond donors (Lipinski definition) is 2. The molecule has 8 heteroatoms. The van der Waals surface area contributed by atoms with Crippen LogP contribution < -0.4 is 10.6 Å². The predicted molar refractivity (Wildman–Crippen MR) is 156 cm³/mol. The van der Waals surface area contributed by atoms with E-state index in [9.17, 15) is 9.59 Å². The zero-order chi connectivity index (χ0) is 27.3. The number of hydrogen-bond acceptors (Lipinski definition) is 4. The smallest absolute Gasteiger partial charge is 0.257 e. The van der Waals surface area contributed by atoms with Gasteiger partial charge in [0, 0.05) is 35.5 Å². The van der Waals surface area contributed by atoms with Gasteiger partial charge in [-0.05, 0) is 77.2 Å². The number of halogens is 2. The van der Waals surface area contributed by atoms with E-state index in [1.165, 1.54) is 0 Å². The molecule has 39 heavy (non-hydrogen) atoms. The molecule has 2 unspecified atom stereocenters. The molecule has 4 aromatic carbocycles. The zero-order valence-corrected chi connectivity index (χ0v) is 22.9. The molecule has 2 N–H and O–H groups in total. The lowest BCUT2D eigenvalue weighted by atomic mass is 9.96. The van der Waals surface area contributed by atoms with Crippen LogP contribution in [0.3, 0.4) is 0 Å². The fourth-order valence-electron chi connectivity index (χ4n) is 5.25. The van der Waals surface area contributed by atoms with Crippen molar-refractivity contribution in [3.8, 4) is 0 Å². The van der Waals surface area contributed by atoms with Gasteiger partial charge in [0.15, 0.2) is 0 Å². The van der Waals surface area contributed by atoms with Crippen molar-refractivity contribution in [2.24, 2.45) is 0 Å². The lowest BCUT2D eigenvalue weighted by Gasteiger charge is -2.36. The number of carbonyl (C=O) groups excluding carboxylic acids is 2. The van der Waals surface area contributed by atoms with E-state index in [1.54, 1.807) is 23.9 Å². The van der Waals surface area contributed by atoms with E-state index in [0.717, 1.165) is 33.6 Å². The Hall–Kier alpha value is -4.00. The number of nitrogens with one attached hydrogen (secondary N) is 2. The summed E-state index contributed by atoms with van der Waals surface area (Å²) in [6, 6.07) is 26.8. The van der Waals surface area contributed by atoms with Gasteiger partial charge in [0.1, 0.15) is 12.3 Å². The molecule has 2 aliphatic rings. The molecule has 6 nitrogen and oxygen atoms in total. The standard InChI is InChI=1S/C31H26Cl2N4O2/c1-36-28(20-5-9-22(32)10-6-20)34-26-13-3-18(16-24(26)30(36)38)15-19-4-14-27-25(17-19)31(39)37(2)29(35-27)21-7-11-23(33)12-8-21/h3-14,16-17,28-29,34-35H,15H2,1-2H3. The number of rotatable bonds is 4. The highest BCUT2D eigenvalue weighted by Crippen LogP contribution is 2.35. The van der Waals surface area contributed by atoms with Crippen molar-refractivity contribution < 1.29 is 9.59 Å². The first kappa shape index (κ1) is 25.3. The fraction of sp³-hybridized carbons (Fsp3) is 0.161. The number of nitrogens with zero attached hydrogens (tertiary/aromatic N) is 2. The minimum absolute atomic E-state index is 0.0507. The minimum atomic E-state index is -0.277. The Morgan fingerprint density at radius 2 is 1.00 bits per heavy atom. The molecule has 4 aromatic rings. The summed E-state index contributed by atoms with van der Waals surface area (Å²) in [5, 5.41) is 8.25. The van der Waals surface area contributed by atoms with Crippen LogP contribution in [-0.4, -0.2) is 35.7 Å². The second kappa shape index (κ2) is 9.95. The third kappa shape index (κ3) is 4.71. The van der Waals surface area contributed by atoms with Crippen LogP contribution in [0.15, 0.2) is 84.9 Å². The maximum absolute atomic E-state index is 13.3. The highest BCUT2D eigenvalue weighted by Gasteiger charge is 2.32. The number of fused-ring (bicyclic) bond motifs is 2. The SMILES string of the molecule is CN1C(=O)c2cc(Cc3ccc4c(c3)C(=O)N(C)C(c3ccc(Cl)cc3)N4)ccc2NC1c1ccc(Cl)cc1. The topological polar surface area (TPSA) is 64.7 Å². The molecule has 2 amide bonds. The van der Waals surface area contributed by atoms with Crippen LogP contribution in [0.25, 0.3) is 0 Å². The summed E-state index contributed by atoms with van der Waals surface area (Å²) in [4.78, 5) is 30.0. The average molecular weight is 557 g/mol. The molecule has 0 bridgehead atoms. The van der Waals surface area contributed by atoms with Crippen molar-refractivity contribution in [2.45, 2.75) is 18.8 Å². The molecule has 0 spiro atoms. The summed E-state index contributed by atoms with van der Waals surface area (Å²) in [6.45, 7) is 0. The highest BCUT2D eigenvalue weighted by atomic mass is 35.5. The normalized spacial score (nSPS) is 18.3. The molecule has 0 aromatic heterocycles. The van der Waals surface area contributed by atoms with Gasteiger partial charge >= 0.3 is 0 Å². The van der Waals surface area contributed by atoms with Crippen molar-refractivity contribution >= 4 is 46.4 Å². The van der Waals surface area contributed by atoms with Crippen LogP contribution in [-0.2, 0) is 6.42 Å². The maximum Gasteiger partial charge on any atom is 0.257 e. The first-order valence-corrected chi connectivity index (χ1v) is 13.4. The van der Waals surface area contributed by atoms with Crippen LogP contribution >= 0.6 is 23.2 Å². The summed E-state index contributed by atoms with van der Waals surface area (Å²) in [6.07, 6.45) is 0.0393. The van der Waals surface area contributed by atoms with Crippen LogP contribution in [0, 0.1) is 0 Å². The first-order valence-electron chi connectivity index (χ1n) is 12.6. The number of amides is 2. The Morgan fingerprint density at radius 3 is 1.38 bits per heavy atom. The number of anilines is 2. The molecule has 196 valence electrons. The van der Waals surface area contributed by atoms with Gasteiger partial charge in [-0.25, -0.2) is 0 Å². The van der Waals surface area contributed by atoms with E-state index in [0.29, 0.717) is 27.6 Å². The Balaban J connectivity index is 1.23. The van der Waals surface area contributed by atoms with Gasteiger partial charge in [-0.3, -0.25) is 9.59 Å². The van der Waals surface area contributed by atoms with Crippen molar-refractivity contribution in [1.82, 2.24) is 9.80 Å². The summed E-state index contributed by atoms with van der Waals surface area (Å²) >= 11 is 12.1. The van der Waals surface area contributed by atoms with Crippen molar-refractivity contribution in [1.29, 1.82) is 0 Å². The molecular weight excluding hydrogens is 531 g/mol. The molecular formula is C31H26Cl2N4O2. The van der Waals surface area contributed by atoms with Gasteiger partial charge in [0.25, 0.3) is 11.8 Å². The van der Waals surface area contributed by atoms with Crippen molar-refractivity contribution in [2.75, 3.05) is 24.7 Å². The Kier molecular flexibility index (Phi) is 6.45. The second-order valence-corrected chi connectivity index (χ2v) is 10.8. The maximum atomic E-state index is 13.3. The van der Waals surface area contributed by atoms with E-state index in [2.05, 4.69) is 10.6 Å². The highest BCUT2D eigenvalue weighted by molar-refractivity contribution is 6.30. The molecule has 6 rings (SSSR count). The van der Waals surface area contributed by atoms with Gasteiger partial charge in [0.05, 0.1) is 11.1 Å². The lowest BCUT2D eigenvalue weighted by Crippen LogP contribution is -2.40. The van der Waals surface area contributed by atoms with Crippen molar-refractivity contribution in [3.63, 3.8) is 0 Å². The monoisotopic (exact) mass is 556 g/mol. The molecule has 0 fully saturated rings. The number of benzene rings is 4. The summed E-state index contributed by atoms with van der Waals surface area (Å²) in [5.74, 6) is -0.101. The van der Waals surface area contributed by atoms with Gasteiger partial charge in [-0.2, -0.15) is 0 Å². The average Bonchev–Trinajstić information content (AvgIpc) is 2.94. The van der Waals surface area contributed by atoms with E-state index in [4.69, 9.17) is 23.2 Å². The van der Waals surface area contributed by atoms with Gasteiger partial charge < -0.3 is 20.4 Å². The van der Waals surface area contributed by atoms with Crippen LogP contribution in [0.5, 0.6) is 0 Å². The van der Waals surface area contributed by atoms with E-state index in [-0.39, 0.29) is 24.1 Å². The Morgan fingerprint density at radius 1 is 0.615 bits per heavy atom. The molecule has 2 aliphatic heterocycles. The number of carbonyl (C=O) groups is 2. The minimum Gasteiger partial charge on any atom is -0.361 e. The molecule has 0 aliphatic carbocycles. The lowest BCUT2D eigenvalue weighted by molar-refractivity contribution is 0.0728. The Bertz CT molecular complexity index is 1470. The predicted octanol–water partition coefficient (Wildman–Crippen LogP) is 6.98. The summed E-state index contributed by atoms with van der Waals surface area (Å²) in [5.41, 5.74) is 6.74. The van der Waals surface area contributed by atoms with Crippen LogP contribution in [0.1, 0.15) is 55.3 Å². The molecule has 2 atom stereocenters. The Labute approximate surface area is 237 Å². The van der Waals surface area contributed by atoms with E-state index >= 15 is 0 Å². The quantitative estimate of drug-likeness (QED) is 0.284. The molecule has 0 saturated carbocycles. The molecule has 0 radical (unpaired) electrons. The molecule has 2 heterocycles. The zero-order valence-electron chi connectivity index (χ0n) is 21.4. The van der Waals surface area contributed by atoms with Gasteiger partial charge in [0.2, 0.25) is 0 Å². The summed E-state index contributed by atoms with van der Waals surface area (Å²) < 4.78 is 0. The largest absolute Gasteiger partial charge is 0.361 e. The van der Waals surface area contributed by atoms with Gasteiger partial charge in [-0.1, -0.05) is 59.6 Å². The van der Waals surface area contributed by atoms with E-state index < -0.39 is 0 Å². The second-order valence-electron chi connectivity index (χ2n) is 9.97. The summed E-state index contributed by atoms with van der Waals surface area (Å²) in [7, 11) is 3.58. The third-order valence-corrected chi connectivity index (χ3v) is 7.91. The van der Waals surface area contributed by atoms with E-state index in [1.807, 2.05) is 84.9 Å². The fourth-order valence-corrected chi connectivity index (χ4v) is 5.50. The van der Waals surface area contributed by atoms with Crippen LogP contribution in [0.4, 0.5) is 11.4 Å². The van der Waals surface area contributed by atoms with Crippen molar-refractivity contribution in [3.05, 3.63) is 128 Å². The molecule has 0 saturated heterocycles. The van der Waals surface area contributed by atoms with Crippen LogP contribution in [0.2, 0.25) is 10.0 Å². The third-order valence-electron chi connectivity index (χ3n) is 7.41. The first-order chi connectivity index (χ1) is 18.8.